The molecular weight excluding hydrogens is 97.1 g/mol. The van der Waals surface area contributed by atoms with Crippen molar-refractivity contribution in [1.29, 1.82) is 0 Å². The molecule has 1 aliphatic carbocycles. The first-order chi connectivity index (χ1) is 3.79. The van der Waals surface area contributed by atoms with Crippen molar-refractivity contribution in [3.63, 3.8) is 0 Å². The molecule has 8 heavy (non-hydrogen) atoms. The van der Waals surface area contributed by atoms with Crippen LogP contribution in [0.3, 0.4) is 0 Å². The lowest BCUT2D eigenvalue weighted by atomic mass is 9.98. The first-order valence-corrected chi connectivity index (χ1v) is 3.44. The van der Waals surface area contributed by atoms with E-state index in [1.54, 1.807) is 5.57 Å². The van der Waals surface area contributed by atoms with Crippen molar-refractivity contribution in [2.45, 2.75) is 33.1 Å². The van der Waals surface area contributed by atoms with Crippen LogP contribution in [-0.4, -0.2) is 0 Å². The van der Waals surface area contributed by atoms with E-state index >= 15 is 0 Å². The third kappa shape index (κ3) is 1.36. The maximum absolute atomic E-state index is 2.37. The number of rotatable bonds is 0. The Hall–Kier alpha value is -0.260. The van der Waals surface area contributed by atoms with Crippen LogP contribution in [0.1, 0.15) is 33.1 Å². The number of hydrogen-bond acceptors (Lipinski definition) is 0. The van der Waals surface area contributed by atoms with E-state index in [4.69, 9.17) is 0 Å². The highest BCUT2D eigenvalue weighted by molar-refractivity contribution is 5.01. The Balaban J connectivity index is 2.42. The lowest BCUT2D eigenvalue weighted by molar-refractivity contribution is 0.514. The van der Waals surface area contributed by atoms with Crippen LogP contribution >= 0.6 is 0 Å². The van der Waals surface area contributed by atoms with Crippen molar-refractivity contribution >= 4 is 0 Å². The van der Waals surface area contributed by atoms with Gasteiger partial charge in [-0.2, -0.15) is 0 Å². The average molecular weight is 111 g/mol. The molecule has 0 heteroatoms. The molecule has 0 bridgehead atoms. The standard InChI is InChI=1S/C8H14/c1-7-3-5-8(2)6-4-7/h3,8H,4-6H2,1-2H3/i3+1. The van der Waals surface area contributed by atoms with Crippen molar-refractivity contribution in [2.24, 2.45) is 5.92 Å². The van der Waals surface area contributed by atoms with Crippen LogP contribution in [0.5, 0.6) is 0 Å². The Labute approximate surface area is 51.6 Å². The quantitative estimate of drug-likeness (QED) is 0.333. The SMILES string of the molecule is CC1=[13CH]CC(C)CC1. The first kappa shape index (κ1) is 5.87. The van der Waals surface area contributed by atoms with E-state index in [1.807, 2.05) is 0 Å². The monoisotopic (exact) mass is 111 g/mol. The third-order valence-corrected chi connectivity index (χ3v) is 1.90. The molecular formula is C8H14. The Morgan fingerprint density at radius 3 is 2.75 bits per heavy atom. The molecule has 0 aliphatic heterocycles. The zero-order valence-corrected chi connectivity index (χ0v) is 5.78. The molecule has 0 saturated carbocycles. The van der Waals surface area contributed by atoms with Gasteiger partial charge in [0.05, 0.1) is 0 Å². The normalized spacial score (nSPS) is 29.8. The number of allylic oxidation sites excluding steroid dienone is 2. The van der Waals surface area contributed by atoms with E-state index in [9.17, 15) is 0 Å². The Bertz CT molecular complexity index is 101. The summed E-state index contributed by atoms with van der Waals surface area (Å²) in [4.78, 5) is 0. The van der Waals surface area contributed by atoms with Crippen LogP contribution in [0.2, 0.25) is 0 Å². The van der Waals surface area contributed by atoms with Gasteiger partial charge < -0.3 is 0 Å². The fourth-order valence-electron chi connectivity index (χ4n) is 1.10. The van der Waals surface area contributed by atoms with Crippen LogP contribution in [0.4, 0.5) is 0 Å². The van der Waals surface area contributed by atoms with E-state index in [-0.39, 0.29) is 0 Å². The van der Waals surface area contributed by atoms with Gasteiger partial charge >= 0.3 is 0 Å². The molecule has 1 aliphatic rings. The molecule has 0 heterocycles. The summed E-state index contributed by atoms with van der Waals surface area (Å²) >= 11 is 0. The van der Waals surface area contributed by atoms with Gasteiger partial charge in [0.15, 0.2) is 0 Å². The molecule has 0 aromatic rings. The van der Waals surface area contributed by atoms with Gasteiger partial charge in [0, 0.05) is 0 Å². The summed E-state index contributed by atoms with van der Waals surface area (Å²) in [5.41, 5.74) is 1.59. The number of hydrogen-bond donors (Lipinski definition) is 0. The highest BCUT2D eigenvalue weighted by Crippen LogP contribution is 2.21. The molecule has 1 rings (SSSR count). The summed E-state index contributed by atoms with van der Waals surface area (Å²) < 4.78 is 0. The summed E-state index contributed by atoms with van der Waals surface area (Å²) in [5, 5.41) is 0. The largest absolute Gasteiger partial charge is 0.0853 e. The zero-order valence-electron chi connectivity index (χ0n) is 5.78. The highest BCUT2D eigenvalue weighted by Gasteiger charge is 2.05. The maximum atomic E-state index is 2.37. The van der Waals surface area contributed by atoms with Gasteiger partial charge in [0.2, 0.25) is 0 Å². The van der Waals surface area contributed by atoms with E-state index in [1.165, 1.54) is 19.3 Å². The molecule has 0 radical (unpaired) electrons. The highest BCUT2D eigenvalue weighted by atomic mass is 14.3. The van der Waals surface area contributed by atoms with Crippen LogP contribution in [-0.2, 0) is 0 Å². The molecule has 1 unspecified atom stereocenters. The molecule has 46 valence electrons. The van der Waals surface area contributed by atoms with Crippen molar-refractivity contribution < 1.29 is 0 Å². The van der Waals surface area contributed by atoms with E-state index < -0.39 is 0 Å². The molecule has 0 N–H and O–H groups in total. The van der Waals surface area contributed by atoms with E-state index in [2.05, 4.69) is 19.9 Å². The van der Waals surface area contributed by atoms with Crippen molar-refractivity contribution in [2.75, 3.05) is 0 Å². The van der Waals surface area contributed by atoms with Gasteiger partial charge in [0.1, 0.15) is 0 Å². The average Bonchev–Trinajstić information content (AvgIpc) is 1.77. The van der Waals surface area contributed by atoms with Crippen LogP contribution in [0.15, 0.2) is 11.6 Å². The van der Waals surface area contributed by atoms with Crippen molar-refractivity contribution in [3.8, 4) is 0 Å². The van der Waals surface area contributed by atoms with E-state index in [0.717, 1.165) is 5.92 Å². The lowest BCUT2D eigenvalue weighted by Crippen LogP contribution is -1.98. The predicted octanol–water partition coefficient (Wildman–Crippen LogP) is 2.75. The zero-order chi connectivity index (χ0) is 5.98. The predicted molar refractivity (Wildman–Crippen MR) is 36.8 cm³/mol. The molecule has 1 atom stereocenters. The Morgan fingerprint density at radius 1 is 1.62 bits per heavy atom. The third-order valence-electron chi connectivity index (χ3n) is 1.90. The maximum Gasteiger partial charge on any atom is -0.0320 e. The smallest absolute Gasteiger partial charge is 0.0320 e. The van der Waals surface area contributed by atoms with Gasteiger partial charge in [-0.15, -0.1) is 0 Å². The Morgan fingerprint density at radius 2 is 2.38 bits per heavy atom. The van der Waals surface area contributed by atoms with Gasteiger partial charge in [-0.05, 0) is 32.1 Å². The van der Waals surface area contributed by atoms with Gasteiger partial charge in [-0.25, -0.2) is 0 Å². The minimum atomic E-state index is 0.943. The van der Waals surface area contributed by atoms with E-state index in [0.29, 0.717) is 0 Å². The Kier molecular flexibility index (Phi) is 1.72. The summed E-state index contributed by atoms with van der Waals surface area (Å²) in [6.45, 7) is 4.55. The second-order valence-electron chi connectivity index (χ2n) is 2.93. The van der Waals surface area contributed by atoms with Gasteiger partial charge in [-0.3, -0.25) is 0 Å². The van der Waals surface area contributed by atoms with Gasteiger partial charge in [-0.1, -0.05) is 18.6 Å². The summed E-state index contributed by atoms with van der Waals surface area (Å²) in [7, 11) is 0. The summed E-state index contributed by atoms with van der Waals surface area (Å²) in [6.07, 6.45) is 6.42. The topological polar surface area (TPSA) is 0 Å². The minimum Gasteiger partial charge on any atom is -0.0853 e. The minimum absolute atomic E-state index is 0.943. The molecule has 0 saturated heterocycles. The van der Waals surface area contributed by atoms with Crippen LogP contribution in [0.25, 0.3) is 0 Å². The van der Waals surface area contributed by atoms with Crippen LogP contribution < -0.4 is 0 Å². The lowest BCUT2D eigenvalue weighted by Gasteiger charge is -2.14. The molecule has 0 nitrogen and oxygen atoms in total. The first-order valence-electron chi connectivity index (χ1n) is 3.44. The van der Waals surface area contributed by atoms with Crippen LogP contribution in [0, 0.1) is 5.92 Å². The van der Waals surface area contributed by atoms with Crippen molar-refractivity contribution in [1.82, 2.24) is 0 Å². The summed E-state index contributed by atoms with van der Waals surface area (Å²) in [5.74, 6) is 0.943. The second-order valence-corrected chi connectivity index (χ2v) is 2.93. The molecule has 0 amide bonds. The summed E-state index contributed by atoms with van der Waals surface area (Å²) in [6, 6.07) is 0. The second kappa shape index (κ2) is 2.34. The van der Waals surface area contributed by atoms with Gasteiger partial charge in [0.25, 0.3) is 0 Å². The molecule has 0 aromatic heterocycles. The van der Waals surface area contributed by atoms with Crippen molar-refractivity contribution in [3.05, 3.63) is 11.6 Å². The molecule has 0 aromatic carbocycles. The molecule has 0 fully saturated rings. The molecule has 0 spiro atoms. The fourth-order valence-corrected chi connectivity index (χ4v) is 1.10. The fraction of sp³-hybridized carbons (Fsp3) is 0.750.